The zero-order chi connectivity index (χ0) is 15.5. The van der Waals surface area contributed by atoms with Crippen molar-refractivity contribution in [3.8, 4) is 0 Å². The van der Waals surface area contributed by atoms with Gasteiger partial charge in [-0.15, -0.1) is 11.3 Å². The van der Waals surface area contributed by atoms with Gasteiger partial charge in [-0.25, -0.2) is 0 Å². The highest BCUT2D eigenvalue weighted by Gasteiger charge is 2.20. The molecular formula is C15H16N4O2S. The third-order valence-electron chi connectivity index (χ3n) is 3.33. The Morgan fingerprint density at radius 2 is 2.32 bits per heavy atom. The van der Waals surface area contributed by atoms with Gasteiger partial charge in [0.05, 0.1) is 11.9 Å². The van der Waals surface area contributed by atoms with Crippen LogP contribution in [0.1, 0.15) is 32.9 Å². The van der Waals surface area contributed by atoms with Crippen LogP contribution >= 0.6 is 11.3 Å². The van der Waals surface area contributed by atoms with Crippen molar-refractivity contribution in [1.82, 2.24) is 20.3 Å². The monoisotopic (exact) mass is 316 g/mol. The van der Waals surface area contributed by atoms with Crippen molar-refractivity contribution in [2.45, 2.75) is 19.9 Å². The zero-order valence-corrected chi connectivity index (χ0v) is 13.1. The van der Waals surface area contributed by atoms with E-state index in [0.717, 1.165) is 16.3 Å². The van der Waals surface area contributed by atoms with E-state index in [1.54, 1.807) is 17.4 Å². The van der Waals surface area contributed by atoms with E-state index in [-0.39, 0.29) is 17.7 Å². The fraction of sp³-hybridized carbons (Fsp3) is 0.267. The van der Waals surface area contributed by atoms with Crippen LogP contribution in [0.15, 0.2) is 40.4 Å². The summed E-state index contributed by atoms with van der Waals surface area (Å²) in [7, 11) is 0. The number of thiophene rings is 1. The van der Waals surface area contributed by atoms with Gasteiger partial charge in [0, 0.05) is 23.2 Å². The van der Waals surface area contributed by atoms with Gasteiger partial charge in [-0.2, -0.15) is 5.10 Å². The topological polar surface area (TPSA) is 73.0 Å². The van der Waals surface area contributed by atoms with E-state index in [4.69, 9.17) is 4.52 Å². The molecule has 3 aromatic heterocycles. The summed E-state index contributed by atoms with van der Waals surface area (Å²) in [5.41, 5.74) is 2.02. The summed E-state index contributed by atoms with van der Waals surface area (Å²) in [4.78, 5) is 13.2. The molecule has 0 radical (unpaired) electrons. The lowest BCUT2D eigenvalue weighted by molar-refractivity contribution is 0.0912. The predicted molar refractivity (Wildman–Crippen MR) is 83.0 cm³/mol. The van der Waals surface area contributed by atoms with Gasteiger partial charge in [0.15, 0.2) is 0 Å². The van der Waals surface area contributed by atoms with Gasteiger partial charge in [-0.1, -0.05) is 11.2 Å². The van der Waals surface area contributed by atoms with Gasteiger partial charge >= 0.3 is 0 Å². The minimum Gasteiger partial charge on any atom is -0.351 e. The lowest BCUT2D eigenvalue weighted by Gasteiger charge is -2.18. The molecule has 0 aromatic carbocycles. The van der Waals surface area contributed by atoms with Gasteiger partial charge < -0.3 is 9.84 Å². The number of hydrogen-bond donors (Lipinski definition) is 1. The minimum absolute atomic E-state index is 0.0411. The lowest BCUT2D eigenvalue weighted by Crippen LogP contribution is -2.31. The van der Waals surface area contributed by atoms with Crippen LogP contribution in [-0.4, -0.2) is 27.4 Å². The average molecular weight is 316 g/mol. The Hall–Kier alpha value is -2.41. The second kappa shape index (κ2) is 6.15. The molecular weight excluding hydrogens is 300 g/mol. The molecule has 0 aliphatic heterocycles. The summed E-state index contributed by atoms with van der Waals surface area (Å²) in [6, 6.07) is 7.57. The Morgan fingerprint density at radius 1 is 1.45 bits per heavy atom. The van der Waals surface area contributed by atoms with Gasteiger partial charge in [0.25, 0.3) is 5.91 Å². The molecule has 0 fully saturated rings. The molecule has 0 aliphatic rings. The van der Waals surface area contributed by atoms with Crippen molar-refractivity contribution < 1.29 is 9.32 Å². The first-order valence-corrected chi connectivity index (χ1v) is 7.78. The van der Waals surface area contributed by atoms with Crippen LogP contribution in [0.5, 0.6) is 0 Å². The first-order chi connectivity index (χ1) is 10.6. The Balaban J connectivity index is 1.81. The van der Waals surface area contributed by atoms with Crippen molar-refractivity contribution in [3.05, 3.63) is 57.9 Å². The maximum Gasteiger partial charge on any atom is 0.289 e. The van der Waals surface area contributed by atoms with Crippen molar-refractivity contribution in [2.24, 2.45) is 0 Å². The Kier molecular flexibility index (Phi) is 4.06. The van der Waals surface area contributed by atoms with Gasteiger partial charge in [-0.05, 0) is 31.4 Å². The van der Waals surface area contributed by atoms with Crippen molar-refractivity contribution in [2.75, 3.05) is 6.54 Å². The fourth-order valence-corrected chi connectivity index (χ4v) is 3.17. The van der Waals surface area contributed by atoms with E-state index < -0.39 is 0 Å². The van der Waals surface area contributed by atoms with E-state index in [2.05, 4.69) is 15.6 Å². The second-order valence-electron chi connectivity index (χ2n) is 4.99. The van der Waals surface area contributed by atoms with Gasteiger partial charge in [0.1, 0.15) is 6.04 Å². The smallest absolute Gasteiger partial charge is 0.289 e. The highest BCUT2D eigenvalue weighted by atomic mass is 32.1. The third-order valence-corrected chi connectivity index (χ3v) is 4.30. The number of carbonyl (C=O) groups excluding carboxylic acids is 1. The highest BCUT2D eigenvalue weighted by Crippen LogP contribution is 2.24. The van der Waals surface area contributed by atoms with Crippen molar-refractivity contribution in [1.29, 1.82) is 0 Å². The third kappa shape index (κ3) is 2.94. The van der Waals surface area contributed by atoms with E-state index in [9.17, 15) is 4.79 Å². The molecule has 0 aliphatic carbocycles. The first kappa shape index (κ1) is 14.5. The standard InChI is InChI=1S/C15H16N4O2S/c1-10-8-11(2)19(18-10)12(14-4-3-7-22-14)9-16-15(20)13-5-6-17-21-13/h3-8,12H,9H2,1-2H3,(H,16,20). The summed E-state index contributed by atoms with van der Waals surface area (Å²) in [5, 5.41) is 13.0. The van der Waals surface area contributed by atoms with E-state index in [1.807, 2.05) is 42.1 Å². The quantitative estimate of drug-likeness (QED) is 0.785. The van der Waals surface area contributed by atoms with Crippen LogP contribution in [0.3, 0.4) is 0 Å². The van der Waals surface area contributed by atoms with Crippen molar-refractivity contribution in [3.63, 3.8) is 0 Å². The van der Waals surface area contributed by atoms with Gasteiger partial charge in [-0.3, -0.25) is 9.48 Å². The zero-order valence-electron chi connectivity index (χ0n) is 12.3. The second-order valence-corrected chi connectivity index (χ2v) is 5.97. The molecule has 7 heteroatoms. The number of rotatable bonds is 5. The highest BCUT2D eigenvalue weighted by molar-refractivity contribution is 7.10. The summed E-state index contributed by atoms with van der Waals surface area (Å²) in [6.07, 6.45) is 1.45. The SMILES string of the molecule is Cc1cc(C)n(C(CNC(=O)c2ccno2)c2cccs2)n1. The van der Waals surface area contributed by atoms with Crippen LogP contribution in [-0.2, 0) is 0 Å². The van der Waals surface area contributed by atoms with Crippen LogP contribution in [0.2, 0.25) is 0 Å². The number of carbonyl (C=O) groups is 1. The molecule has 1 amide bonds. The lowest BCUT2D eigenvalue weighted by atomic mass is 10.2. The minimum atomic E-state index is -0.277. The number of hydrogen-bond acceptors (Lipinski definition) is 5. The largest absolute Gasteiger partial charge is 0.351 e. The molecule has 3 aromatic rings. The maximum atomic E-state index is 12.0. The normalized spacial score (nSPS) is 12.3. The van der Waals surface area contributed by atoms with E-state index in [0.29, 0.717) is 6.54 Å². The molecule has 0 saturated carbocycles. The summed E-state index contributed by atoms with van der Waals surface area (Å²) in [5.74, 6) is -0.0705. The average Bonchev–Trinajstić information content (AvgIpc) is 3.22. The molecule has 114 valence electrons. The molecule has 22 heavy (non-hydrogen) atoms. The van der Waals surface area contributed by atoms with Gasteiger partial charge in [0.2, 0.25) is 5.76 Å². The molecule has 0 bridgehead atoms. The predicted octanol–water partition coefficient (Wildman–Crippen LogP) is 2.57. The number of nitrogens with one attached hydrogen (secondary N) is 1. The summed E-state index contributed by atoms with van der Waals surface area (Å²) in [6.45, 7) is 4.41. The Labute approximate surface area is 131 Å². The summed E-state index contributed by atoms with van der Waals surface area (Å²) < 4.78 is 6.82. The molecule has 3 heterocycles. The fourth-order valence-electron chi connectivity index (χ4n) is 2.36. The number of amides is 1. The van der Waals surface area contributed by atoms with E-state index in [1.165, 1.54) is 6.20 Å². The van der Waals surface area contributed by atoms with Crippen LogP contribution in [0, 0.1) is 13.8 Å². The van der Waals surface area contributed by atoms with Crippen LogP contribution < -0.4 is 5.32 Å². The molecule has 0 saturated heterocycles. The summed E-state index contributed by atoms with van der Waals surface area (Å²) >= 11 is 1.65. The molecule has 1 unspecified atom stereocenters. The van der Waals surface area contributed by atoms with E-state index >= 15 is 0 Å². The molecule has 1 atom stereocenters. The Morgan fingerprint density at radius 3 is 2.91 bits per heavy atom. The Bertz CT molecular complexity index is 747. The molecule has 0 spiro atoms. The van der Waals surface area contributed by atoms with Crippen LogP contribution in [0.25, 0.3) is 0 Å². The number of nitrogens with zero attached hydrogens (tertiary/aromatic N) is 3. The number of aromatic nitrogens is 3. The molecule has 1 N–H and O–H groups in total. The molecule has 3 rings (SSSR count). The van der Waals surface area contributed by atoms with Crippen molar-refractivity contribution >= 4 is 17.2 Å². The molecule has 6 nitrogen and oxygen atoms in total. The first-order valence-electron chi connectivity index (χ1n) is 6.90. The number of aryl methyl sites for hydroxylation is 2. The van der Waals surface area contributed by atoms with Crippen LogP contribution in [0.4, 0.5) is 0 Å². The maximum absolute atomic E-state index is 12.0.